The van der Waals surface area contributed by atoms with Crippen molar-refractivity contribution in [3.8, 4) is 0 Å². The van der Waals surface area contributed by atoms with Crippen molar-refractivity contribution in [2.24, 2.45) is 0 Å². The van der Waals surface area contributed by atoms with Gasteiger partial charge in [0.15, 0.2) is 0 Å². The first-order valence-electron chi connectivity index (χ1n) is 13.8. The van der Waals surface area contributed by atoms with Gasteiger partial charge in [-0.25, -0.2) is 0 Å². The molecule has 0 saturated carbocycles. The predicted octanol–water partition coefficient (Wildman–Crippen LogP) is -19.3. The predicted molar refractivity (Wildman–Crippen MR) is 144 cm³/mol. The van der Waals surface area contributed by atoms with E-state index in [-0.39, 0.29) is 21.1 Å². The van der Waals surface area contributed by atoms with E-state index in [1.807, 2.05) is 0 Å². The summed E-state index contributed by atoms with van der Waals surface area (Å²) in [5.41, 5.74) is 0. The Morgan fingerprint density at radius 3 is 0.491 bits per heavy atom. The van der Waals surface area contributed by atoms with Crippen LogP contribution in [0.15, 0.2) is 0 Å². The SMILES string of the molecule is O=C([O-])[C@H](O)[C@@H](O)[C@H](O)[C@H](O)CO.O=C([O-])[C@H](O)[C@@H](O)[C@H](O)[C@H](O)CO.O=C([O-])[C@H](O)[C@@H](O)[C@H](O)[C@H](O)CO.O=C([O-])[C@H](O)[C@@H](O)[C@H](O)[C@H](O)CO.[Pt+4]. The minimum atomic E-state index is -2.31. The van der Waals surface area contributed by atoms with Gasteiger partial charge in [-0.1, -0.05) is 0 Å². The molecule has 53 heavy (non-hydrogen) atoms. The standard InChI is InChI=1S/4C6H12O7.Pt/c4*7-1-2(8)3(9)4(10)5(11)6(12)13;/h4*2-5,7-11H,1H2,(H,12,13);/q;;;;+4/p-4/t4*2-,3-,4+,5-;/m1111./s1. The average Bonchev–Trinajstić information content (AvgIpc) is 3.12. The van der Waals surface area contributed by atoms with Gasteiger partial charge in [-0.15, -0.1) is 0 Å². The molecule has 0 aliphatic carbocycles. The van der Waals surface area contributed by atoms with E-state index in [0.717, 1.165) is 0 Å². The van der Waals surface area contributed by atoms with Crippen LogP contribution >= 0.6 is 0 Å². The van der Waals surface area contributed by atoms with Gasteiger partial charge in [-0.2, -0.15) is 0 Å². The number of aliphatic carboxylic acids is 4. The van der Waals surface area contributed by atoms with E-state index in [9.17, 15) is 39.6 Å². The number of carboxylic acid groups (broad SMARTS) is 4. The molecule has 20 N–H and O–H groups in total. The molecule has 0 saturated heterocycles. The molecule has 0 heterocycles. The molecule has 0 unspecified atom stereocenters. The first-order valence-corrected chi connectivity index (χ1v) is 13.8. The summed E-state index contributed by atoms with van der Waals surface area (Å²) >= 11 is 0. The zero-order valence-corrected chi connectivity index (χ0v) is 28.9. The molecule has 16 atom stereocenters. The molecule has 0 aromatic rings. The van der Waals surface area contributed by atoms with E-state index in [2.05, 4.69) is 0 Å². The molecule has 0 spiro atoms. The molecule has 0 aliphatic heterocycles. The topological polar surface area (TPSA) is 565 Å². The quantitative estimate of drug-likeness (QED) is 0.0538. The Labute approximate surface area is 310 Å². The molecule has 0 amide bonds. The fourth-order valence-electron chi connectivity index (χ4n) is 2.65. The van der Waals surface area contributed by atoms with E-state index < -0.39 is 148 Å². The van der Waals surface area contributed by atoms with Crippen LogP contribution in [0.25, 0.3) is 0 Å². The van der Waals surface area contributed by atoms with Crippen LogP contribution < -0.4 is 20.4 Å². The smallest absolute Gasteiger partial charge is 0.547 e. The van der Waals surface area contributed by atoms with Crippen molar-refractivity contribution in [1.29, 1.82) is 0 Å². The summed E-state index contributed by atoms with van der Waals surface area (Å²) in [4.78, 5) is 39.9. The second kappa shape index (κ2) is 31.0. The molecule has 28 nitrogen and oxygen atoms in total. The third-order valence-electron chi connectivity index (χ3n) is 5.98. The fraction of sp³-hybridized carbons (Fsp3) is 0.833. The summed E-state index contributed by atoms with van der Waals surface area (Å²) in [6.07, 6.45) is -32.3. The van der Waals surface area contributed by atoms with Crippen molar-refractivity contribution in [1.82, 2.24) is 0 Å². The van der Waals surface area contributed by atoms with E-state index in [0.29, 0.717) is 0 Å². The zero-order chi connectivity index (χ0) is 42.4. The maximum Gasteiger partial charge on any atom is 4.00 e. The number of hydrogen-bond donors (Lipinski definition) is 20. The Hall–Kier alpha value is -2.23. The summed E-state index contributed by atoms with van der Waals surface area (Å²) in [5, 5.41) is 214. The molecular formula is C24H44O28Pt. The van der Waals surface area contributed by atoms with Crippen LogP contribution in [0.1, 0.15) is 0 Å². The number of carboxylic acids is 4. The Balaban J connectivity index is -0.000000192. The number of carbonyl (C=O) groups excluding carboxylic acids is 4. The summed E-state index contributed by atoms with van der Waals surface area (Å²) < 4.78 is 0. The molecule has 0 radical (unpaired) electrons. The van der Waals surface area contributed by atoms with Crippen molar-refractivity contribution in [2.75, 3.05) is 26.4 Å². The van der Waals surface area contributed by atoms with Crippen LogP contribution in [0, 0.1) is 0 Å². The van der Waals surface area contributed by atoms with E-state index >= 15 is 0 Å². The van der Waals surface area contributed by atoms with Gasteiger partial charge in [0.1, 0.15) is 97.7 Å². The second-order valence-electron chi connectivity index (χ2n) is 9.98. The minimum absolute atomic E-state index is 0. The largest absolute Gasteiger partial charge is 4.00 e. The number of aliphatic hydroxyl groups is 20. The third kappa shape index (κ3) is 23.3. The van der Waals surface area contributed by atoms with Crippen molar-refractivity contribution in [3.05, 3.63) is 0 Å². The third-order valence-corrected chi connectivity index (χ3v) is 5.98. The molecule has 0 aromatic heterocycles. The van der Waals surface area contributed by atoms with Crippen LogP contribution in [-0.2, 0) is 40.2 Å². The molecule has 318 valence electrons. The summed E-state index contributed by atoms with van der Waals surface area (Å²) in [5.74, 6) is -7.90. The van der Waals surface area contributed by atoms with Gasteiger partial charge in [0.2, 0.25) is 0 Å². The molecular weight excluding hydrogens is 931 g/mol. The Morgan fingerprint density at radius 1 is 0.302 bits per heavy atom. The Morgan fingerprint density at radius 2 is 0.415 bits per heavy atom. The van der Waals surface area contributed by atoms with Crippen LogP contribution in [-0.4, -0.2) is 250 Å². The van der Waals surface area contributed by atoms with Crippen LogP contribution in [0.3, 0.4) is 0 Å². The maximum atomic E-state index is 9.98. The molecule has 0 fully saturated rings. The molecule has 0 bridgehead atoms. The van der Waals surface area contributed by atoms with Gasteiger partial charge in [-0.3, -0.25) is 0 Å². The van der Waals surface area contributed by atoms with Crippen molar-refractivity contribution >= 4 is 23.9 Å². The molecule has 0 aliphatic rings. The fourth-order valence-corrected chi connectivity index (χ4v) is 2.65. The molecule has 0 aromatic carbocycles. The van der Waals surface area contributed by atoms with E-state index in [1.165, 1.54) is 0 Å². The van der Waals surface area contributed by atoms with E-state index in [1.54, 1.807) is 0 Å². The van der Waals surface area contributed by atoms with Crippen molar-refractivity contribution in [2.45, 2.75) is 97.7 Å². The number of carbonyl (C=O) groups is 4. The summed E-state index contributed by atoms with van der Waals surface area (Å²) in [6, 6.07) is 0. The molecule has 0 rings (SSSR count). The first kappa shape index (κ1) is 60.0. The Bertz CT molecular complexity index is 841. The van der Waals surface area contributed by atoms with Gasteiger partial charge < -0.3 is 142 Å². The van der Waals surface area contributed by atoms with Gasteiger partial charge in [0, 0.05) is 0 Å². The van der Waals surface area contributed by atoms with Crippen LogP contribution in [0.2, 0.25) is 0 Å². The minimum Gasteiger partial charge on any atom is -0.547 e. The van der Waals surface area contributed by atoms with Gasteiger partial charge in [0.05, 0.1) is 50.3 Å². The maximum absolute atomic E-state index is 9.98. The summed E-state index contributed by atoms with van der Waals surface area (Å²) in [7, 11) is 0. The number of hydrogen-bond acceptors (Lipinski definition) is 28. The van der Waals surface area contributed by atoms with E-state index in [4.69, 9.17) is 102 Å². The van der Waals surface area contributed by atoms with Crippen molar-refractivity contribution < 1.29 is 163 Å². The average molecular weight is 976 g/mol. The number of aliphatic hydroxyl groups excluding tert-OH is 20. The first-order chi connectivity index (χ1) is 23.7. The zero-order valence-electron chi connectivity index (χ0n) is 26.6. The molecule has 29 heteroatoms. The normalized spacial score (nSPS) is 20.0. The second-order valence-corrected chi connectivity index (χ2v) is 9.98. The van der Waals surface area contributed by atoms with Gasteiger partial charge in [-0.05, 0) is 0 Å². The summed E-state index contributed by atoms with van der Waals surface area (Å²) in [6.45, 7) is -3.45. The van der Waals surface area contributed by atoms with Gasteiger partial charge in [0.25, 0.3) is 0 Å². The van der Waals surface area contributed by atoms with Crippen LogP contribution in [0.5, 0.6) is 0 Å². The monoisotopic (exact) mass is 975 g/mol. The Kier molecular flexibility index (Phi) is 35.1. The number of rotatable bonds is 20. The van der Waals surface area contributed by atoms with Gasteiger partial charge >= 0.3 is 21.1 Å². The van der Waals surface area contributed by atoms with Crippen LogP contribution in [0.4, 0.5) is 0 Å². The van der Waals surface area contributed by atoms with Crippen molar-refractivity contribution in [3.63, 3.8) is 0 Å².